The smallest absolute Gasteiger partial charge is 0.484 e. The maximum Gasteiger partial charge on any atom is 1.00 e. The van der Waals surface area contributed by atoms with Gasteiger partial charge in [0.15, 0.2) is 0 Å². The molecule has 1 heterocycles. The quantitative estimate of drug-likeness (QED) is 0.285. The standard InChI is InChI=1S/C4H4N.K/c1-2-4-5-3-1;/h1-3,5H;/q-1;+1. The molecule has 1 N–H and O–H groups in total. The summed E-state index contributed by atoms with van der Waals surface area (Å²) < 4.78 is 0. The first kappa shape index (κ1) is 6.92. The van der Waals surface area contributed by atoms with Crippen LogP contribution in [0.1, 0.15) is 0 Å². The third kappa shape index (κ3) is 2.15. The number of aromatic amines is 1. The van der Waals surface area contributed by atoms with Gasteiger partial charge < -0.3 is 4.98 Å². The molecule has 0 atom stereocenters. The van der Waals surface area contributed by atoms with E-state index in [2.05, 4.69) is 11.2 Å². The van der Waals surface area contributed by atoms with Crippen LogP contribution in [0.2, 0.25) is 0 Å². The Morgan fingerprint density at radius 2 is 2.33 bits per heavy atom. The topological polar surface area (TPSA) is 15.8 Å². The summed E-state index contributed by atoms with van der Waals surface area (Å²) in [6, 6.07) is 3.71. The maximum absolute atomic E-state index is 2.74. The van der Waals surface area contributed by atoms with Gasteiger partial charge in [0.25, 0.3) is 0 Å². The van der Waals surface area contributed by atoms with E-state index in [0.29, 0.717) is 0 Å². The predicted octanol–water partition coefficient (Wildman–Crippen LogP) is -2.18. The molecule has 0 saturated heterocycles. The Balaban J connectivity index is 0.000000250. The Labute approximate surface area is 79.6 Å². The molecule has 0 radical (unpaired) electrons. The third-order valence-electron chi connectivity index (χ3n) is 0.442. The number of hydrogen-bond donors (Lipinski definition) is 1. The second-order valence-corrected chi connectivity index (χ2v) is 0.814. The largest absolute Gasteiger partial charge is 1.00 e. The average Bonchev–Trinajstić information content (AvgIpc) is 1.76. The van der Waals surface area contributed by atoms with Gasteiger partial charge in [-0.2, -0.15) is 18.3 Å². The van der Waals surface area contributed by atoms with Crippen LogP contribution >= 0.6 is 0 Å². The van der Waals surface area contributed by atoms with E-state index < -0.39 is 0 Å². The van der Waals surface area contributed by atoms with Gasteiger partial charge in [0.1, 0.15) is 0 Å². The van der Waals surface area contributed by atoms with Gasteiger partial charge in [-0.15, -0.1) is 6.20 Å². The molecule has 0 aromatic carbocycles. The summed E-state index contributed by atoms with van der Waals surface area (Å²) >= 11 is 0. The van der Waals surface area contributed by atoms with Crippen LogP contribution in [-0.4, -0.2) is 4.98 Å². The Kier molecular flexibility index (Phi) is 4.71. The van der Waals surface area contributed by atoms with Crippen LogP contribution < -0.4 is 51.4 Å². The molecular weight excluding hydrogens is 101 g/mol. The van der Waals surface area contributed by atoms with Gasteiger partial charge in [-0.05, 0) is 0 Å². The fourth-order valence-electron chi connectivity index (χ4n) is 0.241. The summed E-state index contributed by atoms with van der Waals surface area (Å²) in [7, 11) is 0. The van der Waals surface area contributed by atoms with Gasteiger partial charge in [-0.1, -0.05) is 0 Å². The van der Waals surface area contributed by atoms with Gasteiger partial charge in [-0.3, -0.25) is 0 Å². The normalized spacial score (nSPS) is 6.67. The Morgan fingerprint density at radius 1 is 1.50 bits per heavy atom. The van der Waals surface area contributed by atoms with E-state index in [1.165, 1.54) is 0 Å². The fraction of sp³-hybridized carbons (Fsp3) is 0. The van der Waals surface area contributed by atoms with E-state index >= 15 is 0 Å². The summed E-state index contributed by atoms with van der Waals surface area (Å²) in [5.41, 5.74) is 0. The van der Waals surface area contributed by atoms with Crippen molar-refractivity contribution < 1.29 is 51.4 Å². The van der Waals surface area contributed by atoms with Crippen molar-refractivity contribution in [1.29, 1.82) is 0 Å². The molecule has 0 saturated carbocycles. The van der Waals surface area contributed by atoms with Crippen LogP contribution in [0.3, 0.4) is 0 Å². The molecule has 1 nitrogen and oxygen atoms in total. The molecule has 26 valence electrons. The van der Waals surface area contributed by atoms with Crippen molar-refractivity contribution in [3.05, 3.63) is 24.5 Å². The Bertz CT molecular complexity index is 64.0. The van der Waals surface area contributed by atoms with Gasteiger partial charge in [-0.25, -0.2) is 0 Å². The van der Waals surface area contributed by atoms with Gasteiger partial charge in [0, 0.05) is 0 Å². The second kappa shape index (κ2) is 4.09. The van der Waals surface area contributed by atoms with Crippen LogP contribution in [0.25, 0.3) is 0 Å². The van der Waals surface area contributed by atoms with Gasteiger partial charge in [0.05, 0.1) is 0 Å². The van der Waals surface area contributed by atoms with Crippen molar-refractivity contribution in [1.82, 2.24) is 4.98 Å². The number of hydrogen-bond acceptors (Lipinski definition) is 0. The molecule has 0 amide bonds. The summed E-state index contributed by atoms with van der Waals surface area (Å²) in [5, 5.41) is 0. The summed E-state index contributed by atoms with van der Waals surface area (Å²) in [6.45, 7) is 0. The SMILES string of the molecule is [K+].[c-]1ccc[nH]1. The molecule has 0 fully saturated rings. The second-order valence-electron chi connectivity index (χ2n) is 0.814. The van der Waals surface area contributed by atoms with E-state index in [1.807, 2.05) is 18.3 Å². The van der Waals surface area contributed by atoms with Crippen molar-refractivity contribution >= 4 is 0 Å². The van der Waals surface area contributed by atoms with Crippen LogP contribution in [-0.2, 0) is 0 Å². The molecule has 2 heteroatoms. The monoisotopic (exact) mass is 105 g/mol. The van der Waals surface area contributed by atoms with Gasteiger partial charge >= 0.3 is 51.4 Å². The molecule has 0 unspecified atom stereocenters. The molecule has 0 bridgehead atoms. The zero-order valence-corrected chi connectivity index (χ0v) is 6.86. The van der Waals surface area contributed by atoms with E-state index in [-0.39, 0.29) is 51.4 Å². The number of nitrogens with one attached hydrogen (secondary N) is 1. The van der Waals surface area contributed by atoms with Crippen molar-refractivity contribution in [2.45, 2.75) is 0 Å². The maximum atomic E-state index is 2.74. The van der Waals surface area contributed by atoms with E-state index in [9.17, 15) is 0 Å². The molecule has 6 heavy (non-hydrogen) atoms. The third-order valence-corrected chi connectivity index (χ3v) is 0.442. The number of H-pyrrole nitrogens is 1. The van der Waals surface area contributed by atoms with Crippen molar-refractivity contribution in [3.63, 3.8) is 0 Å². The van der Waals surface area contributed by atoms with E-state index in [0.717, 1.165) is 0 Å². The fourth-order valence-corrected chi connectivity index (χ4v) is 0.241. The van der Waals surface area contributed by atoms with Gasteiger partial charge in [0.2, 0.25) is 0 Å². The van der Waals surface area contributed by atoms with Crippen LogP contribution in [0.15, 0.2) is 18.3 Å². The first-order chi connectivity index (χ1) is 2.50. The predicted molar refractivity (Wildman–Crippen MR) is 19.6 cm³/mol. The Hall–Kier alpha value is 0.916. The molecular formula is C4H4KN. The number of rotatable bonds is 0. The van der Waals surface area contributed by atoms with Crippen molar-refractivity contribution in [2.24, 2.45) is 0 Å². The van der Waals surface area contributed by atoms with Crippen LogP contribution in [0, 0.1) is 6.20 Å². The van der Waals surface area contributed by atoms with E-state index in [1.54, 1.807) is 0 Å². The zero-order chi connectivity index (χ0) is 3.54. The first-order valence-electron chi connectivity index (χ1n) is 1.49. The van der Waals surface area contributed by atoms with Crippen molar-refractivity contribution in [3.8, 4) is 0 Å². The molecule has 0 aliphatic heterocycles. The Morgan fingerprint density at radius 3 is 2.50 bits per heavy atom. The van der Waals surface area contributed by atoms with E-state index in [4.69, 9.17) is 0 Å². The summed E-state index contributed by atoms with van der Waals surface area (Å²) in [4.78, 5) is 2.74. The minimum Gasteiger partial charge on any atom is -0.484 e. The number of aromatic nitrogens is 1. The molecule has 0 aliphatic rings. The average molecular weight is 105 g/mol. The molecule has 1 aromatic rings. The summed E-state index contributed by atoms with van der Waals surface area (Å²) in [6.07, 6.45) is 4.56. The minimum atomic E-state index is 0. The minimum absolute atomic E-state index is 0. The van der Waals surface area contributed by atoms with Crippen molar-refractivity contribution in [2.75, 3.05) is 0 Å². The van der Waals surface area contributed by atoms with Crippen LogP contribution in [0.5, 0.6) is 0 Å². The first-order valence-corrected chi connectivity index (χ1v) is 1.49. The van der Waals surface area contributed by atoms with Crippen LogP contribution in [0.4, 0.5) is 0 Å². The molecule has 0 spiro atoms. The molecule has 1 aromatic heterocycles. The molecule has 1 rings (SSSR count). The molecule has 0 aliphatic carbocycles. The zero-order valence-electron chi connectivity index (χ0n) is 3.73. The summed E-state index contributed by atoms with van der Waals surface area (Å²) in [5.74, 6) is 0.